The minimum absolute atomic E-state index is 0.0835. The Bertz CT molecular complexity index is 813. The topological polar surface area (TPSA) is 74.1 Å². The van der Waals surface area contributed by atoms with Crippen molar-refractivity contribution in [1.82, 2.24) is 0 Å². The third kappa shape index (κ3) is 4.74. The lowest BCUT2D eigenvalue weighted by Crippen LogP contribution is -2.17. The molecule has 0 saturated heterocycles. The maximum Gasteiger partial charge on any atom is 0.196 e. The van der Waals surface area contributed by atoms with Crippen molar-refractivity contribution < 1.29 is 28.2 Å². The van der Waals surface area contributed by atoms with Gasteiger partial charge in [-0.25, -0.2) is 13.2 Å². The lowest BCUT2D eigenvalue weighted by Gasteiger charge is -2.14. The predicted octanol–water partition coefficient (Wildman–Crippen LogP) is 3.17. The molecule has 2 rings (SSSR count). The fourth-order valence-corrected chi connectivity index (χ4v) is 2.21. The Labute approximate surface area is 148 Å². The van der Waals surface area contributed by atoms with Gasteiger partial charge in [-0.1, -0.05) is 22.9 Å². The van der Waals surface area contributed by atoms with Crippen LogP contribution in [0.25, 0.3) is 0 Å². The quantitative estimate of drug-likeness (QED) is 0.399. The van der Waals surface area contributed by atoms with Crippen LogP contribution in [-0.2, 0) is 4.84 Å². The summed E-state index contributed by atoms with van der Waals surface area (Å²) in [5.74, 6) is -4.36. The summed E-state index contributed by atoms with van der Waals surface area (Å²) in [6.45, 7) is 2.86. The number of aliphatic hydroxyl groups is 2. The molecule has 2 aromatic carbocycles. The molecule has 0 radical (unpaired) electrons. The van der Waals surface area contributed by atoms with Gasteiger partial charge in [0.25, 0.3) is 0 Å². The van der Waals surface area contributed by atoms with Crippen molar-refractivity contribution in [3.63, 3.8) is 0 Å². The van der Waals surface area contributed by atoms with Gasteiger partial charge in [-0.05, 0) is 31.5 Å². The van der Waals surface area contributed by atoms with Gasteiger partial charge in [0, 0.05) is 11.3 Å². The van der Waals surface area contributed by atoms with Gasteiger partial charge in [0.1, 0.15) is 12.7 Å². The van der Waals surface area contributed by atoms with Crippen LogP contribution < -0.4 is 5.32 Å². The van der Waals surface area contributed by atoms with Crippen molar-refractivity contribution in [2.75, 3.05) is 18.5 Å². The average molecular weight is 368 g/mol. The van der Waals surface area contributed by atoms with Crippen LogP contribution in [0.5, 0.6) is 0 Å². The molecule has 2 aromatic rings. The van der Waals surface area contributed by atoms with E-state index >= 15 is 0 Å². The van der Waals surface area contributed by atoms with E-state index in [0.29, 0.717) is 5.69 Å². The Balaban J connectivity index is 2.34. The maximum absolute atomic E-state index is 14.3. The van der Waals surface area contributed by atoms with Crippen molar-refractivity contribution in [2.45, 2.75) is 20.0 Å². The van der Waals surface area contributed by atoms with Gasteiger partial charge in [0.2, 0.25) is 0 Å². The van der Waals surface area contributed by atoms with Crippen LogP contribution in [-0.4, -0.2) is 35.7 Å². The summed E-state index contributed by atoms with van der Waals surface area (Å²) in [6.07, 6.45) is -0.150. The number of hydrogen-bond donors (Lipinski definition) is 3. The summed E-state index contributed by atoms with van der Waals surface area (Å²) < 4.78 is 41.5. The van der Waals surface area contributed by atoms with E-state index in [1.165, 1.54) is 0 Å². The van der Waals surface area contributed by atoms with Crippen LogP contribution in [0.1, 0.15) is 16.7 Å². The minimum atomic E-state index is -1.61. The molecule has 0 aliphatic carbocycles. The van der Waals surface area contributed by atoms with E-state index in [0.717, 1.165) is 23.4 Å². The van der Waals surface area contributed by atoms with Crippen molar-refractivity contribution in [1.29, 1.82) is 0 Å². The van der Waals surface area contributed by atoms with Crippen molar-refractivity contribution in [3.8, 4) is 0 Å². The second-order valence-corrected chi connectivity index (χ2v) is 5.76. The third-order valence-corrected chi connectivity index (χ3v) is 3.58. The zero-order chi connectivity index (χ0) is 19.3. The van der Waals surface area contributed by atoms with E-state index < -0.39 is 30.2 Å². The standard InChI is InChI=1S/C18H19F3N2O3/c1-10-3-4-15(11(2)5-10)23-18-12(6-14(19)16(20)17(18)21)7-22-26-9-13(25)8-24/h3-7,13,23-25H,8-9H2,1-2H3. The second kappa shape index (κ2) is 8.68. The lowest BCUT2D eigenvalue weighted by atomic mass is 10.1. The summed E-state index contributed by atoms with van der Waals surface area (Å²) >= 11 is 0. The largest absolute Gasteiger partial charge is 0.394 e. The number of halogens is 3. The van der Waals surface area contributed by atoms with Crippen molar-refractivity contribution in [2.24, 2.45) is 5.16 Å². The number of aliphatic hydroxyl groups excluding tert-OH is 2. The molecule has 8 heteroatoms. The lowest BCUT2D eigenvalue weighted by molar-refractivity contribution is 0.00884. The molecule has 0 aliphatic rings. The van der Waals surface area contributed by atoms with Crippen molar-refractivity contribution in [3.05, 3.63) is 58.4 Å². The number of rotatable bonds is 7. The summed E-state index contributed by atoms with van der Waals surface area (Å²) in [7, 11) is 0. The van der Waals surface area contributed by atoms with Gasteiger partial charge in [0.05, 0.1) is 18.5 Å². The van der Waals surface area contributed by atoms with Crippen molar-refractivity contribution >= 4 is 17.6 Å². The molecule has 5 nitrogen and oxygen atoms in total. The summed E-state index contributed by atoms with van der Waals surface area (Å²) in [4.78, 5) is 4.74. The highest BCUT2D eigenvalue weighted by Crippen LogP contribution is 2.29. The molecule has 0 bridgehead atoms. The summed E-state index contributed by atoms with van der Waals surface area (Å²) in [5, 5.41) is 24.1. The third-order valence-electron chi connectivity index (χ3n) is 3.58. The number of benzene rings is 2. The number of oxime groups is 1. The van der Waals surface area contributed by atoms with Crippen LogP contribution in [0.3, 0.4) is 0 Å². The second-order valence-electron chi connectivity index (χ2n) is 5.76. The van der Waals surface area contributed by atoms with Crippen LogP contribution in [0, 0.1) is 31.3 Å². The number of hydrogen-bond acceptors (Lipinski definition) is 5. The van der Waals surface area contributed by atoms with E-state index in [4.69, 9.17) is 15.1 Å². The Morgan fingerprint density at radius 3 is 2.58 bits per heavy atom. The smallest absolute Gasteiger partial charge is 0.196 e. The van der Waals surface area contributed by atoms with Gasteiger partial charge < -0.3 is 20.4 Å². The SMILES string of the molecule is Cc1ccc(Nc2c(C=NOCC(O)CO)cc(F)c(F)c2F)c(C)c1. The fraction of sp³-hybridized carbons (Fsp3) is 0.278. The number of nitrogens with zero attached hydrogens (tertiary/aromatic N) is 1. The van der Waals surface area contributed by atoms with Gasteiger partial charge in [-0.2, -0.15) is 0 Å². The molecular formula is C18H19F3N2O3. The van der Waals surface area contributed by atoms with Crippen LogP contribution in [0.15, 0.2) is 29.4 Å². The number of anilines is 2. The molecular weight excluding hydrogens is 349 g/mol. The van der Waals surface area contributed by atoms with Gasteiger partial charge in [-0.15, -0.1) is 0 Å². The molecule has 1 unspecified atom stereocenters. The molecule has 0 heterocycles. The predicted molar refractivity (Wildman–Crippen MR) is 92.2 cm³/mol. The van der Waals surface area contributed by atoms with Gasteiger partial charge in [0.15, 0.2) is 17.5 Å². The van der Waals surface area contributed by atoms with Gasteiger partial charge >= 0.3 is 0 Å². The van der Waals surface area contributed by atoms with E-state index in [9.17, 15) is 13.2 Å². The maximum atomic E-state index is 14.3. The first kappa shape index (κ1) is 19.7. The van der Waals surface area contributed by atoms with E-state index in [-0.39, 0.29) is 17.9 Å². The highest BCUT2D eigenvalue weighted by atomic mass is 19.2. The van der Waals surface area contributed by atoms with Gasteiger partial charge in [-0.3, -0.25) is 0 Å². The minimum Gasteiger partial charge on any atom is -0.394 e. The van der Waals surface area contributed by atoms with Crippen LogP contribution >= 0.6 is 0 Å². The first-order valence-electron chi connectivity index (χ1n) is 7.79. The fourth-order valence-electron chi connectivity index (χ4n) is 2.21. The molecule has 0 fully saturated rings. The van der Waals surface area contributed by atoms with Crippen LogP contribution in [0.2, 0.25) is 0 Å². The molecule has 0 aromatic heterocycles. The highest BCUT2D eigenvalue weighted by Gasteiger charge is 2.19. The highest BCUT2D eigenvalue weighted by molar-refractivity contribution is 5.89. The zero-order valence-electron chi connectivity index (χ0n) is 14.3. The number of aryl methyl sites for hydroxylation is 2. The Morgan fingerprint density at radius 2 is 1.92 bits per heavy atom. The van der Waals surface area contributed by atoms with E-state index in [1.54, 1.807) is 19.1 Å². The normalized spacial score (nSPS) is 12.4. The van der Waals surface area contributed by atoms with Crippen LogP contribution in [0.4, 0.5) is 24.5 Å². The molecule has 140 valence electrons. The summed E-state index contributed by atoms with van der Waals surface area (Å²) in [6, 6.07) is 6.12. The first-order valence-corrected chi connectivity index (χ1v) is 7.79. The molecule has 0 saturated carbocycles. The monoisotopic (exact) mass is 368 g/mol. The average Bonchev–Trinajstić information content (AvgIpc) is 2.61. The molecule has 0 spiro atoms. The molecule has 26 heavy (non-hydrogen) atoms. The first-order chi connectivity index (χ1) is 12.3. The number of nitrogens with one attached hydrogen (secondary N) is 1. The zero-order valence-corrected chi connectivity index (χ0v) is 14.3. The molecule has 0 aliphatic heterocycles. The Hall–Kier alpha value is -2.58. The molecule has 3 N–H and O–H groups in total. The Morgan fingerprint density at radius 1 is 1.19 bits per heavy atom. The van der Waals surface area contributed by atoms with E-state index in [1.807, 2.05) is 13.0 Å². The molecule has 1 atom stereocenters. The molecule has 0 amide bonds. The van der Waals surface area contributed by atoms with E-state index in [2.05, 4.69) is 10.5 Å². The summed E-state index contributed by atoms with van der Waals surface area (Å²) in [5.41, 5.74) is 1.92. The Kier molecular flexibility index (Phi) is 6.59.